The highest BCUT2D eigenvalue weighted by Crippen LogP contribution is 2.16. The van der Waals surface area contributed by atoms with E-state index in [0.29, 0.717) is 12.5 Å². The molecule has 0 aromatic heterocycles. The van der Waals surface area contributed by atoms with Gasteiger partial charge in [0.05, 0.1) is 6.10 Å². The second kappa shape index (κ2) is 6.91. The van der Waals surface area contributed by atoms with Gasteiger partial charge in [0, 0.05) is 12.6 Å². The molecular weight excluding hydrogens is 222 g/mol. The van der Waals surface area contributed by atoms with Crippen molar-refractivity contribution in [3.8, 4) is 0 Å². The average Bonchev–Trinajstić information content (AvgIpc) is 2.23. The molecule has 2 unspecified atom stereocenters. The van der Waals surface area contributed by atoms with Crippen LogP contribution in [0.2, 0.25) is 0 Å². The van der Waals surface area contributed by atoms with Crippen LogP contribution in [0.3, 0.4) is 0 Å². The second-order valence-electron chi connectivity index (χ2n) is 5.83. The maximum Gasteiger partial charge on any atom is 0.0667 e. The number of rotatable bonds is 6. The number of benzene rings is 1. The lowest BCUT2D eigenvalue weighted by atomic mass is 10.0. The Balaban J connectivity index is 2.52. The Morgan fingerprint density at radius 1 is 1.06 bits per heavy atom. The summed E-state index contributed by atoms with van der Waals surface area (Å²) in [6.07, 6.45) is 0.602. The van der Waals surface area contributed by atoms with Crippen LogP contribution in [-0.4, -0.2) is 17.8 Å². The normalized spacial score (nSPS) is 14.8. The number of aliphatic hydroxyl groups is 1. The average molecular weight is 249 g/mol. The van der Waals surface area contributed by atoms with Crippen LogP contribution in [0.1, 0.15) is 49.9 Å². The lowest BCUT2D eigenvalue weighted by Crippen LogP contribution is -2.30. The molecule has 0 saturated heterocycles. The molecule has 0 fully saturated rings. The van der Waals surface area contributed by atoms with E-state index in [-0.39, 0.29) is 12.1 Å². The van der Waals surface area contributed by atoms with Crippen LogP contribution >= 0.6 is 0 Å². The van der Waals surface area contributed by atoms with Gasteiger partial charge in [0.2, 0.25) is 0 Å². The zero-order chi connectivity index (χ0) is 13.7. The third-order valence-corrected chi connectivity index (χ3v) is 3.15. The number of aliphatic hydroxyl groups excluding tert-OH is 1. The molecule has 0 amide bonds. The van der Waals surface area contributed by atoms with Crippen LogP contribution in [0, 0.1) is 19.8 Å². The van der Waals surface area contributed by atoms with Crippen LogP contribution < -0.4 is 5.32 Å². The van der Waals surface area contributed by atoms with Gasteiger partial charge in [0.1, 0.15) is 0 Å². The smallest absolute Gasteiger partial charge is 0.0667 e. The topological polar surface area (TPSA) is 32.3 Å². The molecule has 2 N–H and O–H groups in total. The van der Waals surface area contributed by atoms with Crippen molar-refractivity contribution in [2.75, 3.05) is 6.54 Å². The minimum absolute atomic E-state index is 0.252. The highest BCUT2D eigenvalue weighted by atomic mass is 16.3. The largest absolute Gasteiger partial charge is 0.392 e. The SMILES string of the molecule is Cc1cc(C)cc(C(C)NCC(O)CC(C)C)c1. The standard InChI is InChI=1S/C16H27NO/c1-11(2)6-16(18)10-17-14(5)15-8-12(3)7-13(4)9-15/h7-9,11,14,16-18H,6,10H2,1-5H3. The zero-order valence-electron chi connectivity index (χ0n) is 12.3. The summed E-state index contributed by atoms with van der Waals surface area (Å²) < 4.78 is 0. The number of hydrogen-bond acceptors (Lipinski definition) is 2. The molecule has 18 heavy (non-hydrogen) atoms. The van der Waals surface area contributed by atoms with Crippen LogP contribution in [0.15, 0.2) is 18.2 Å². The fourth-order valence-corrected chi connectivity index (χ4v) is 2.32. The summed E-state index contributed by atoms with van der Waals surface area (Å²) in [6, 6.07) is 6.88. The van der Waals surface area contributed by atoms with Crippen LogP contribution in [0.4, 0.5) is 0 Å². The second-order valence-corrected chi connectivity index (χ2v) is 5.83. The van der Waals surface area contributed by atoms with Gasteiger partial charge in [-0.15, -0.1) is 0 Å². The van der Waals surface area contributed by atoms with Crippen molar-refractivity contribution in [1.29, 1.82) is 0 Å². The van der Waals surface area contributed by atoms with E-state index in [9.17, 15) is 5.11 Å². The number of nitrogens with one attached hydrogen (secondary N) is 1. The van der Waals surface area contributed by atoms with Crippen molar-refractivity contribution in [3.05, 3.63) is 34.9 Å². The molecule has 0 heterocycles. The van der Waals surface area contributed by atoms with E-state index in [2.05, 4.69) is 58.1 Å². The van der Waals surface area contributed by atoms with Gasteiger partial charge >= 0.3 is 0 Å². The molecule has 1 aromatic carbocycles. The van der Waals surface area contributed by atoms with Crippen molar-refractivity contribution < 1.29 is 5.11 Å². The van der Waals surface area contributed by atoms with E-state index in [1.807, 2.05) is 0 Å². The summed E-state index contributed by atoms with van der Waals surface area (Å²) >= 11 is 0. The van der Waals surface area contributed by atoms with Crippen molar-refractivity contribution >= 4 is 0 Å². The number of aryl methyl sites for hydroxylation is 2. The fourth-order valence-electron chi connectivity index (χ4n) is 2.32. The Kier molecular flexibility index (Phi) is 5.83. The summed E-state index contributed by atoms with van der Waals surface area (Å²) in [5, 5.41) is 13.3. The molecule has 102 valence electrons. The minimum atomic E-state index is -0.252. The van der Waals surface area contributed by atoms with Crippen LogP contribution in [0.25, 0.3) is 0 Å². The minimum Gasteiger partial charge on any atom is -0.392 e. The Hall–Kier alpha value is -0.860. The molecule has 1 rings (SSSR count). The summed E-state index contributed by atoms with van der Waals surface area (Å²) in [5.74, 6) is 0.540. The van der Waals surface area contributed by atoms with Gasteiger partial charge in [-0.05, 0) is 38.7 Å². The highest BCUT2D eigenvalue weighted by molar-refractivity contribution is 5.30. The lowest BCUT2D eigenvalue weighted by Gasteiger charge is -2.19. The third-order valence-electron chi connectivity index (χ3n) is 3.15. The Morgan fingerprint density at radius 3 is 2.11 bits per heavy atom. The molecule has 0 radical (unpaired) electrons. The lowest BCUT2D eigenvalue weighted by molar-refractivity contribution is 0.143. The predicted octanol–water partition coefficient (Wildman–Crippen LogP) is 3.36. The van der Waals surface area contributed by atoms with E-state index >= 15 is 0 Å². The monoisotopic (exact) mass is 249 g/mol. The first-order valence-electron chi connectivity index (χ1n) is 6.88. The first-order chi connectivity index (χ1) is 8.38. The van der Waals surface area contributed by atoms with Crippen LogP contribution in [-0.2, 0) is 0 Å². The van der Waals surface area contributed by atoms with Gasteiger partial charge in [-0.25, -0.2) is 0 Å². The van der Waals surface area contributed by atoms with E-state index in [0.717, 1.165) is 6.42 Å². The van der Waals surface area contributed by atoms with Crippen LogP contribution in [0.5, 0.6) is 0 Å². The maximum absolute atomic E-state index is 9.86. The zero-order valence-corrected chi connectivity index (χ0v) is 12.3. The van der Waals surface area contributed by atoms with Crippen molar-refractivity contribution in [1.82, 2.24) is 5.32 Å². The fraction of sp³-hybridized carbons (Fsp3) is 0.625. The molecule has 0 aliphatic heterocycles. The van der Waals surface area contributed by atoms with Gasteiger partial charge < -0.3 is 10.4 Å². The molecule has 0 spiro atoms. The van der Waals surface area contributed by atoms with E-state index in [1.54, 1.807) is 0 Å². The van der Waals surface area contributed by atoms with E-state index in [4.69, 9.17) is 0 Å². The van der Waals surface area contributed by atoms with Crippen molar-refractivity contribution in [3.63, 3.8) is 0 Å². The summed E-state index contributed by atoms with van der Waals surface area (Å²) in [4.78, 5) is 0. The first kappa shape index (κ1) is 15.2. The van der Waals surface area contributed by atoms with Crippen molar-refractivity contribution in [2.24, 2.45) is 5.92 Å². The summed E-state index contributed by atoms with van der Waals surface area (Å²) in [7, 11) is 0. The molecule has 0 saturated carbocycles. The molecule has 1 aromatic rings. The number of hydrogen-bond donors (Lipinski definition) is 2. The Bertz CT molecular complexity index is 353. The van der Waals surface area contributed by atoms with Crippen molar-refractivity contribution in [2.45, 2.75) is 53.2 Å². The Labute approximate surface area is 111 Å². The summed E-state index contributed by atoms with van der Waals surface area (Å²) in [6.45, 7) is 11.3. The first-order valence-corrected chi connectivity index (χ1v) is 6.88. The molecule has 2 atom stereocenters. The predicted molar refractivity (Wildman–Crippen MR) is 77.8 cm³/mol. The molecule has 0 aliphatic carbocycles. The van der Waals surface area contributed by atoms with Gasteiger partial charge in [0.25, 0.3) is 0 Å². The molecular formula is C16H27NO. The van der Waals surface area contributed by atoms with E-state index < -0.39 is 0 Å². The quantitative estimate of drug-likeness (QED) is 0.810. The maximum atomic E-state index is 9.86. The van der Waals surface area contributed by atoms with Gasteiger partial charge in [-0.3, -0.25) is 0 Å². The Morgan fingerprint density at radius 2 is 1.61 bits per heavy atom. The van der Waals surface area contributed by atoms with Gasteiger partial charge in [-0.2, -0.15) is 0 Å². The van der Waals surface area contributed by atoms with E-state index in [1.165, 1.54) is 16.7 Å². The third kappa shape index (κ3) is 5.19. The molecule has 2 nitrogen and oxygen atoms in total. The van der Waals surface area contributed by atoms with Gasteiger partial charge in [-0.1, -0.05) is 43.2 Å². The highest BCUT2D eigenvalue weighted by Gasteiger charge is 2.10. The summed E-state index contributed by atoms with van der Waals surface area (Å²) in [5.41, 5.74) is 3.88. The molecule has 2 heteroatoms. The molecule has 0 bridgehead atoms. The molecule has 0 aliphatic rings. The van der Waals surface area contributed by atoms with Gasteiger partial charge in [0.15, 0.2) is 0 Å².